The Kier molecular flexibility index (Phi) is 7.65. The first kappa shape index (κ1) is 16.1. The molecular weight excluding hydrogens is 244 g/mol. The molecule has 0 bridgehead atoms. The van der Waals surface area contributed by atoms with Gasteiger partial charge in [-0.1, -0.05) is 51.2 Å². The standard InChI is InChI=1S/C16H25F2N/c1-3-4-5-6-7-8-12-19-13(2)14-10-9-11-15(17)16(14)18/h9-11,13,19H,3-8,12H2,1-2H3. The molecule has 0 amide bonds. The zero-order valence-corrected chi connectivity index (χ0v) is 12.0. The fourth-order valence-electron chi connectivity index (χ4n) is 2.19. The van der Waals surface area contributed by atoms with E-state index in [0.717, 1.165) is 19.0 Å². The zero-order chi connectivity index (χ0) is 14.1. The quantitative estimate of drug-likeness (QED) is 0.624. The van der Waals surface area contributed by atoms with E-state index in [2.05, 4.69) is 12.2 Å². The Morgan fingerprint density at radius 3 is 2.47 bits per heavy atom. The molecule has 19 heavy (non-hydrogen) atoms. The van der Waals surface area contributed by atoms with E-state index >= 15 is 0 Å². The molecule has 0 saturated heterocycles. The van der Waals surface area contributed by atoms with Gasteiger partial charge in [-0.3, -0.25) is 0 Å². The van der Waals surface area contributed by atoms with Crippen LogP contribution in [0.1, 0.15) is 64.0 Å². The van der Waals surface area contributed by atoms with E-state index in [-0.39, 0.29) is 6.04 Å². The van der Waals surface area contributed by atoms with E-state index < -0.39 is 11.6 Å². The predicted molar refractivity (Wildman–Crippen MR) is 76.2 cm³/mol. The lowest BCUT2D eigenvalue weighted by Crippen LogP contribution is -2.21. The number of benzene rings is 1. The summed E-state index contributed by atoms with van der Waals surface area (Å²) in [5, 5.41) is 3.25. The zero-order valence-electron chi connectivity index (χ0n) is 12.0. The highest BCUT2D eigenvalue weighted by atomic mass is 19.2. The molecule has 0 aliphatic rings. The molecule has 1 aromatic carbocycles. The lowest BCUT2D eigenvalue weighted by Gasteiger charge is -2.15. The number of unbranched alkanes of at least 4 members (excludes halogenated alkanes) is 5. The number of hydrogen-bond donors (Lipinski definition) is 1. The Balaban J connectivity index is 2.24. The lowest BCUT2D eigenvalue weighted by atomic mass is 10.1. The van der Waals surface area contributed by atoms with Crippen LogP contribution in [0.5, 0.6) is 0 Å². The van der Waals surface area contributed by atoms with Gasteiger partial charge in [-0.25, -0.2) is 8.78 Å². The van der Waals surface area contributed by atoms with Gasteiger partial charge in [0, 0.05) is 11.6 Å². The summed E-state index contributed by atoms with van der Waals surface area (Å²) in [6, 6.07) is 4.19. The Morgan fingerprint density at radius 2 is 1.74 bits per heavy atom. The van der Waals surface area contributed by atoms with Crippen molar-refractivity contribution in [2.24, 2.45) is 0 Å². The molecule has 108 valence electrons. The average molecular weight is 269 g/mol. The normalized spacial score (nSPS) is 12.6. The van der Waals surface area contributed by atoms with Crippen LogP contribution in [-0.2, 0) is 0 Å². The molecule has 0 aromatic heterocycles. The maximum absolute atomic E-state index is 13.6. The average Bonchev–Trinajstić information content (AvgIpc) is 2.40. The fraction of sp³-hybridized carbons (Fsp3) is 0.625. The first-order valence-electron chi connectivity index (χ1n) is 7.34. The van der Waals surface area contributed by atoms with Gasteiger partial charge >= 0.3 is 0 Å². The van der Waals surface area contributed by atoms with Gasteiger partial charge in [-0.2, -0.15) is 0 Å². The summed E-state index contributed by atoms with van der Waals surface area (Å²) < 4.78 is 26.6. The van der Waals surface area contributed by atoms with E-state index in [4.69, 9.17) is 0 Å². The molecule has 0 heterocycles. The van der Waals surface area contributed by atoms with Crippen molar-refractivity contribution >= 4 is 0 Å². The predicted octanol–water partition coefficient (Wildman–Crippen LogP) is 4.98. The van der Waals surface area contributed by atoms with Crippen molar-refractivity contribution < 1.29 is 8.78 Å². The van der Waals surface area contributed by atoms with Crippen molar-refractivity contribution in [3.8, 4) is 0 Å². The van der Waals surface area contributed by atoms with Crippen LogP contribution in [-0.4, -0.2) is 6.54 Å². The summed E-state index contributed by atoms with van der Waals surface area (Å²) in [6.07, 6.45) is 7.41. The highest BCUT2D eigenvalue weighted by Gasteiger charge is 2.13. The monoisotopic (exact) mass is 269 g/mol. The van der Waals surface area contributed by atoms with Crippen LogP contribution in [0.4, 0.5) is 8.78 Å². The Morgan fingerprint density at radius 1 is 1.05 bits per heavy atom. The SMILES string of the molecule is CCCCCCCCNC(C)c1cccc(F)c1F. The minimum atomic E-state index is -0.772. The van der Waals surface area contributed by atoms with Gasteiger partial charge in [-0.15, -0.1) is 0 Å². The molecule has 0 spiro atoms. The molecular formula is C16H25F2N. The topological polar surface area (TPSA) is 12.0 Å². The Bertz CT molecular complexity index is 366. The summed E-state index contributed by atoms with van der Waals surface area (Å²) in [5.74, 6) is -1.50. The van der Waals surface area contributed by atoms with Gasteiger partial charge < -0.3 is 5.32 Å². The van der Waals surface area contributed by atoms with Gasteiger partial charge in [0.15, 0.2) is 11.6 Å². The van der Waals surface area contributed by atoms with Crippen molar-refractivity contribution in [1.29, 1.82) is 0 Å². The number of hydrogen-bond acceptors (Lipinski definition) is 1. The molecule has 0 saturated carbocycles. The van der Waals surface area contributed by atoms with Gasteiger partial charge in [0.25, 0.3) is 0 Å². The number of rotatable bonds is 9. The Labute approximate surface area is 115 Å². The first-order chi connectivity index (χ1) is 9.16. The van der Waals surface area contributed by atoms with E-state index in [1.54, 1.807) is 12.1 Å². The summed E-state index contributed by atoms with van der Waals surface area (Å²) in [5.41, 5.74) is 0.408. The van der Waals surface area contributed by atoms with Crippen molar-refractivity contribution in [2.45, 2.75) is 58.4 Å². The molecule has 0 aliphatic heterocycles. The second-order valence-electron chi connectivity index (χ2n) is 5.09. The third kappa shape index (κ3) is 5.68. The van der Waals surface area contributed by atoms with Crippen molar-refractivity contribution in [2.75, 3.05) is 6.54 Å². The van der Waals surface area contributed by atoms with E-state index in [1.807, 2.05) is 6.92 Å². The molecule has 1 nitrogen and oxygen atoms in total. The molecule has 3 heteroatoms. The summed E-state index contributed by atoms with van der Waals surface area (Å²) in [4.78, 5) is 0. The molecule has 1 N–H and O–H groups in total. The summed E-state index contributed by atoms with van der Waals surface area (Å²) >= 11 is 0. The van der Waals surface area contributed by atoms with Gasteiger partial charge in [0.05, 0.1) is 0 Å². The van der Waals surface area contributed by atoms with Crippen molar-refractivity contribution in [1.82, 2.24) is 5.32 Å². The Hall–Kier alpha value is -0.960. The number of nitrogens with one attached hydrogen (secondary N) is 1. The van der Waals surface area contributed by atoms with Crippen molar-refractivity contribution in [3.05, 3.63) is 35.4 Å². The van der Waals surface area contributed by atoms with Crippen LogP contribution in [0.25, 0.3) is 0 Å². The molecule has 1 unspecified atom stereocenters. The van der Waals surface area contributed by atoms with E-state index in [0.29, 0.717) is 5.56 Å². The van der Waals surface area contributed by atoms with Crippen LogP contribution in [0.3, 0.4) is 0 Å². The lowest BCUT2D eigenvalue weighted by molar-refractivity contribution is 0.467. The van der Waals surface area contributed by atoms with Crippen LogP contribution < -0.4 is 5.32 Å². The van der Waals surface area contributed by atoms with Gasteiger partial charge in [-0.05, 0) is 26.0 Å². The third-order valence-electron chi connectivity index (χ3n) is 3.43. The van der Waals surface area contributed by atoms with Crippen LogP contribution in [0.15, 0.2) is 18.2 Å². The maximum atomic E-state index is 13.6. The molecule has 0 radical (unpaired) electrons. The largest absolute Gasteiger partial charge is 0.310 e. The van der Waals surface area contributed by atoms with Crippen LogP contribution >= 0.6 is 0 Å². The fourth-order valence-corrected chi connectivity index (χ4v) is 2.19. The molecule has 0 fully saturated rings. The minimum absolute atomic E-state index is 0.147. The summed E-state index contributed by atoms with van der Waals surface area (Å²) in [6.45, 7) is 4.93. The second-order valence-corrected chi connectivity index (χ2v) is 5.09. The third-order valence-corrected chi connectivity index (χ3v) is 3.43. The van der Waals surface area contributed by atoms with Crippen molar-refractivity contribution in [3.63, 3.8) is 0 Å². The van der Waals surface area contributed by atoms with Gasteiger partial charge in [0.1, 0.15) is 0 Å². The highest BCUT2D eigenvalue weighted by Crippen LogP contribution is 2.18. The molecule has 1 atom stereocenters. The van der Waals surface area contributed by atoms with Crippen LogP contribution in [0, 0.1) is 11.6 Å². The highest BCUT2D eigenvalue weighted by molar-refractivity contribution is 5.21. The van der Waals surface area contributed by atoms with E-state index in [1.165, 1.54) is 32.1 Å². The molecule has 1 aromatic rings. The molecule has 1 rings (SSSR count). The molecule has 0 aliphatic carbocycles. The van der Waals surface area contributed by atoms with E-state index in [9.17, 15) is 8.78 Å². The number of halogens is 2. The summed E-state index contributed by atoms with van der Waals surface area (Å²) in [7, 11) is 0. The van der Waals surface area contributed by atoms with Crippen LogP contribution in [0.2, 0.25) is 0 Å². The minimum Gasteiger partial charge on any atom is -0.310 e. The smallest absolute Gasteiger partial charge is 0.163 e. The maximum Gasteiger partial charge on any atom is 0.163 e. The second kappa shape index (κ2) is 9.03. The first-order valence-corrected chi connectivity index (χ1v) is 7.34. The van der Waals surface area contributed by atoms with Gasteiger partial charge in [0.2, 0.25) is 0 Å².